The van der Waals surface area contributed by atoms with E-state index in [2.05, 4.69) is 41.5 Å². The van der Waals surface area contributed by atoms with Crippen LogP contribution in [0.5, 0.6) is 0 Å². The molecule has 0 rings (SSSR count). The first-order valence-electron chi connectivity index (χ1n) is 35.8. The molecule has 4 radical (unpaired) electrons. The van der Waals surface area contributed by atoms with E-state index in [4.69, 9.17) is 0 Å². The quantitative estimate of drug-likeness (QED) is 0.0408. The predicted octanol–water partition coefficient (Wildman–Crippen LogP) is 15.6. The number of carbonyl (C=O) groups excluding carboxylic acids is 6. The Balaban J connectivity index is -0.000000141. The van der Waals surface area contributed by atoms with E-state index in [0.717, 1.165) is 77.0 Å². The summed E-state index contributed by atoms with van der Waals surface area (Å²) in [7, 11) is 0. The van der Waals surface area contributed by atoms with Crippen LogP contribution in [0.2, 0.25) is 0 Å². The zero-order valence-electron chi connectivity index (χ0n) is 57.2. The minimum atomic E-state index is -0.909. The molecule has 0 N–H and O–H groups in total. The Labute approximate surface area is 556 Å². The van der Waals surface area contributed by atoms with Gasteiger partial charge in [-0.25, -0.2) is 0 Å². The first-order chi connectivity index (χ1) is 40.6. The molecule has 0 spiro atoms. The van der Waals surface area contributed by atoms with E-state index in [1.54, 1.807) is 0 Å². The molecule has 0 unspecified atom stereocenters. The van der Waals surface area contributed by atoms with Crippen molar-refractivity contribution < 1.29 is 59.4 Å². The van der Waals surface area contributed by atoms with Gasteiger partial charge in [0.25, 0.3) is 0 Å². The molecule has 0 aromatic heterocycles. The van der Waals surface area contributed by atoms with Crippen molar-refractivity contribution in [2.45, 2.75) is 427 Å². The summed E-state index contributed by atoms with van der Waals surface area (Å²) in [4.78, 5) is 60.6. The third-order valence-corrected chi connectivity index (χ3v) is 14.9. The average Bonchev–Trinajstić information content (AvgIpc) is 3.45. The van der Waals surface area contributed by atoms with E-state index in [1.165, 1.54) is 270 Å². The Morgan fingerprint density at radius 2 is 0.233 bits per heavy atom. The van der Waals surface area contributed by atoms with Crippen LogP contribution in [0, 0.1) is 0 Å². The number of hydrogen-bond acceptors (Lipinski definition) is 12. The van der Waals surface area contributed by atoms with Gasteiger partial charge in [0.05, 0.1) is 0 Å². The monoisotopic (exact) mass is 1350 g/mol. The standard InChI is InChI=1S/6C12H24O2.S.Sn/c6*1-2-3-4-5-6-7-8-9-10-11-12(13)14;;/h6*2-11H2,1H3,(H,13,14);;/q;;;;;;+2;+4/p-6. The number of carbonyl (C=O) groups is 6. The third-order valence-electron chi connectivity index (χ3n) is 14.9. The van der Waals surface area contributed by atoms with Crippen LogP contribution in [0.1, 0.15) is 427 Å². The fraction of sp³-hybridized carbons (Fsp3) is 0.917. The van der Waals surface area contributed by atoms with Crippen molar-refractivity contribution in [1.29, 1.82) is 0 Å². The molecular formula is C72H138O12SSn. The fourth-order valence-corrected chi connectivity index (χ4v) is 9.48. The summed E-state index contributed by atoms with van der Waals surface area (Å²) in [6, 6.07) is 0. The number of hydrogen-bond donors (Lipinski definition) is 0. The van der Waals surface area contributed by atoms with Crippen molar-refractivity contribution in [3.63, 3.8) is 0 Å². The normalized spacial score (nSPS) is 10.1. The minimum Gasteiger partial charge on any atom is -0.550 e. The van der Waals surface area contributed by atoms with E-state index in [1.807, 2.05) is 0 Å². The van der Waals surface area contributed by atoms with Crippen LogP contribution in [-0.2, 0) is 42.3 Å². The summed E-state index contributed by atoms with van der Waals surface area (Å²) in [5.41, 5.74) is 0. The third kappa shape index (κ3) is 131. The Morgan fingerprint density at radius 1 is 0.163 bits per heavy atom. The van der Waals surface area contributed by atoms with E-state index in [-0.39, 0.29) is 75.9 Å². The zero-order chi connectivity index (χ0) is 63.9. The summed E-state index contributed by atoms with van der Waals surface area (Å²) < 4.78 is 0. The number of carboxylic acid groups (broad SMARTS) is 6. The van der Waals surface area contributed by atoms with Gasteiger partial charge < -0.3 is 59.4 Å². The van der Waals surface area contributed by atoms with Gasteiger partial charge in [-0.3, -0.25) is 0 Å². The molecular weight excluding hydrogens is 1210 g/mol. The smallest absolute Gasteiger partial charge is 0.550 e. The number of aliphatic carboxylic acids is 6. The van der Waals surface area contributed by atoms with Gasteiger partial charge in [0.1, 0.15) is 0 Å². The van der Waals surface area contributed by atoms with Crippen molar-refractivity contribution in [2.75, 3.05) is 0 Å². The van der Waals surface area contributed by atoms with Crippen molar-refractivity contribution in [2.24, 2.45) is 0 Å². The maximum atomic E-state index is 10.1. The van der Waals surface area contributed by atoms with E-state index in [0.29, 0.717) is 0 Å². The molecule has 0 atom stereocenters. The molecule has 86 heavy (non-hydrogen) atoms. The summed E-state index contributed by atoms with van der Waals surface area (Å²) in [5.74, 6) is -5.46. The van der Waals surface area contributed by atoms with Gasteiger partial charge in [-0.1, -0.05) is 350 Å². The van der Waals surface area contributed by atoms with Gasteiger partial charge in [0.15, 0.2) is 0 Å². The van der Waals surface area contributed by atoms with Crippen molar-refractivity contribution in [3.8, 4) is 0 Å². The second kappa shape index (κ2) is 96.6. The van der Waals surface area contributed by atoms with Gasteiger partial charge in [-0.05, 0) is 77.0 Å². The van der Waals surface area contributed by atoms with Crippen molar-refractivity contribution in [1.82, 2.24) is 0 Å². The number of carboxylic acids is 6. The molecule has 0 saturated heterocycles. The molecule has 0 bridgehead atoms. The summed E-state index contributed by atoms with van der Waals surface area (Å²) in [6.45, 7) is 13.3. The maximum Gasteiger partial charge on any atom is 4.00 e. The van der Waals surface area contributed by atoms with Crippen molar-refractivity contribution in [3.05, 3.63) is 0 Å². The summed E-state index contributed by atoms with van der Waals surface area (Å²) in [5, 5.41) is 60.6. The molecule has 0 fully saturated rings. The molecule has 0 aliphatic heterocycles. The fourth-order valence-electron chi connectivity index (χ4n) is 9.48. The SMILES string of the molecule is CCCCCCCCCCCC(=O)[O-].CCCCCCCCCCCC(=O)[O-].CCCCCCCCCCCC(=O)[O-].CCCCCCCCCCCC(=O)[O-].CCCCCCCCCCCC(=O)[O-].CCCCCCCCCCCC(=O)[O-].[S+2].[Sn+4]. The van der Waals surface area contributed by atoms with E-state index in [9.17, 15) is 59.4 Å². The molecule has 12 nitrogen and oxygen atoms in total. The van der Waals surface area contributed by atoms with Crippen LogP contribution in [0.25, 0.3) is 0 Å². The molecule has 0 amide bonds. The second-order valence-electron chi connectivity index (χ2n) is 23.7. The molecule has 0 aliphatic carbocycles. The van der Waals surface area contributed by atoms with Gasteiger partial charge in [0.2, 0.25) is 0 Å². The Hall–Kier alpha value is -2.03. The molecule has 0 saturated carbocycles. The average molecular weight is 1350 g/mol. The van der Waals surface area contributed by atoms with Gasteiger partial charge in [0, 0.05) is 35.8 Å². The first kappa shape index (κ1) is 100. The predicted molar refractivity (Wildman–Crippen MR) is 354 cm³/mol. The van der Waals surface area contributed by atoms with Crippen LogP contribution in [0.3, 0.4) is 0 Å². The molecule has 14 heteroatoms. The molecule has 0 aromatic rings. The topological polar surface area (TPSA) is 241 Å². The first-order valence-corrected chi connectivity index (χ1v) is 35.8. The summed E-state index contributed by atoms with van der Waals surface area (Å²) >= 11 is 0. The van der Waals surface area contributed by atoms with Gasteiger partial charge in [-0.2, -0.15) is 0 Å². The molecule has 0 aliphatic rings. The summed E-state index contributed by atoms with van der Waals surface area (Å²) in [6.07, 6.45) is 67.0. The van der Waals surface area contributed by atoms with Crippen LogP contribution >= 0.6 is 0 Å². The van der Waals surface area contributed by atoms with Crippen LogP contribution in [0.15, 0.2) is 0 Å². The minimum absolute atomic E-state index is 0. The molecule has 508 valence electrons. The largest absolute Gasteiger partial charge is 4.00 e. The molecule has 0 aromatic carbocycles. The van der Waals surface area contributed by atoms with Crippen molar-refractivity contribution >= 4 is 73.2 Å². The van der Waals surface area contributed by atoms with Gasteiger partial charge in [-0.15, -0.1) is 0 Å². The van der Waals surface area contributed by atoms with Crippen LogP contribution in [-0.4, -0.2) is 59.7 Å². The Morgan fingerprint density at radius 3 is 0.302 bits per heavy atom. The number of rotatable bonds is 60. The Kier molecular flexibility index (Phi) is 112. The maximum absolute atomic E-state index is 10.1. The van der Waals surface area contributed by atoms with Gasteiger partial charge >= 0.3 is 37.4 Å². The van der Waals surface area contributed by atoms with E-state index < -0.39 is 35.8 Å². The molecule has 0 heterocycles. The Bertz CT molecular complexity index is 1060. The van der Waals surface area contributed by atoms with Crippen LogP contribution < -0.4 is 30.6 Å². The van der Waals surface area contributed by atoms with E-state index >= 15 is 0 Å². The second-order valence-corrected chi connectivity index (χ2v) is 23.7. The van der Waals surface area contributed by atoms with Crippen LogP contribution in [0.4, 0.5) is 0 Å². The zero-order valence-corrected chi connectivity index (χ0v) is 60.9. The number of unbranched alkanes of at least 4 members (excludes halogenated alkanes) is 48.